The minimum atomic E-state index is -0.198. The lowest BCUT2D eigenvalue weighted by atomic mass is 10.2. The lowest BCUT2D eigenvalue weighted by Gasteiger charge is -2.11. The molecule has 1 saturated carbocycles. The van der Waals surface area contributed by atoms with Gasteiger partial charge in [0.1, 0.15) is 0 Å². The molecule has 1 amide bonds. The van der Waals surface area contributed by atoms with Crippen molar-refractivity contribution in [2.24, 2.45) is 0 Å². The third kappa shape index (κ3) is 3.61. The molecule has 1 heterocycles. The molecule has 1 aliphatic carbocycles. The van der Waals surface area contributed by atoms with Crippen molar-refractivity contribution in [3.8, 4) is 0 Å². The third-order valence-corrected chi connectivity index (χ3v) is 3.91. The molecule has 114 valence electrons. The molecule has 1 fully saturated rings. The van der Waals surface area contributed by atoms with E-state index in [1.165, 1.54) is 25.7 Å². The first-order valence-electron chi connectivity index (χ1n) is 7.67. The largest absolute Gasteiger partial charge is 0.351 e. The molecule has 0 saturated heterocycles. The number of hydrogen-bond donors (Lipinski definition) is 2. The highest BCUT2D eigenvalue weighted by Gasteiger charge is 2.15. The summed E-state index contributed by atoms with van der Waals surface area (Å²) in [7, 11) is 0. The van der Waals surface area contributed by atoms with Gasteiger partial charge in [0.15, 0.2) is 0 Å². The number of carbonyl (C=O) groups is 1. The van der Waals surface area contributed by atoms with Gasteiger partial charge in [0.2, 0.25) is 5.95 Å². The molecular formula is C17H20N4O. The minimum absolute atomic E-state index is 0.198. The number of carbonyl (C=O) groups excluding carboxylic acids is 1. The van der Waals surface area contributed by atoms with Gasteiger partial charge in [-0.05, 0) is 31.9 Å². The second-order valence-corrected chi connectivity index (χ2v) is 5.74. The van der Waals surface area contributed by atoms with Crippen LogP contribution in [0.2, 0.25) is 0 Å². The summed E-state index contributed by atoms with van der Waals surface area (Å²) in [5.74, 6) is 0.398. The number of amides is 1. The van der Waals surface area contributed by atoms with Crippen molar-refractivity contribution in [1.82, 2.24) is 9.97 Å². The Hall–Kier alpha value is -2.43. The molecule has 2 N–H and O–H groups in total. The summed E-state index contributed by atoms with van der Waals surface area (Å²) in [5, 5.41) is 6.15. The zero-order valence-electron chi connectivity index (χ0n) is 12.7. The van der Waals surface area contributed by atoms with Crippen LogP contribution in [0, 0.1) is 6.92 Å². The van der Waals surface area contributed by atoms with Crippen LogP contribution in [0.1, 0.15) is 41.6 Å². The van der Waals surface area contributed by atoms with Gasteiger partial charge in [-0.2, -0.15) is 0 Å². The van der Waals surface area contributed by atoms with Gasteiger partial charge in [-0.15, -0.1) is 0 Å². The molecule has 0 spiro atoms. The highest BCUT2D eigenvalue weighted by atomic mass is 16.1. The molecular weight excluding hydrogens is 276 g/mol. The van der Waals surface area contributed by atoms with Crippen molar-refractivity contribution >= 4 is 17.5 Å². The van der Waals surface area contributed by atoms with E-state index in [4.69, 9.17) is 0 Å². The number of nitrogens with one attached hydrogen (secondary N) is 2. The van der Waals surface area contributed by atoms with Crippen LogP contribution in [-0.4, -0.2) is 21.9 Å². The topological polar surface area (TPSA) is 66.9 Å². The summed E-state index contributed by atoms with van der Waals surface area (Å²) in [4.78, 5) is 20.6. The number of aryl methyl sites for hydroxylation is 1. The van der Waals surface area contributed by atoms with Crippen molar-refractivity contribution < 1.29 is 4.79 Å². The maximum atomic E-state index is 12.1. The van der Waals surface area contributed by atoms with Crippen molar-refractivity contribution in [2.45, 2.75) is 38.6 Å². The van der Waals surface area contributed by atoms with Crippen molar-refractivity contribution in [3.05, 3.63) is 47.8 Å². The fraction of sp³-hybridized carbons (Fsp3) is 0.353. The van der Waals surface area contributed by atoms with E-state index in [2.05, 4.69) is 20.6 Å². The first-order chi connectivity index (χ1) is 10.7. The number of nitrogens with zero attached hydrogens (tertiary/aromatic N) is 2. The predicted molar refractivity (Wildman–Crippen MR) is 87.0 cm³/mol. The Labute approximate surface area is 130 Å². The van der Waals surface area contributed by atoms with Crippen LogP contribution in [-0.2, 0) is 0 Å². The lowest BCUT2D eigenvalue weighted by molar-refractivity contribution is 0.102. The summed E-state index contributed by atoms with van der Waals surface area (Å²) in [5.41, 5.74) is 2.38. The van der Waals surface area contributed by atoms with E-state index in [9.17, 15) is 4.79 Å². The van der Waals surface area contributed by atoms with Gasteiger partial charge in [0.25, 0.3) is 5.91 Å². The first-order valence-corrected chi connectivity index (χ1v) is 7.67. The molecule has 0 aliphatic heterocycles. The molecule has 22 heavy (non-hydrogen) atoms. The van der Waals surface area contributed by atoms with Crippen LogP contribution < -0.4 is 10.6 Å². The van der Waals surface area contributed by atoms with Gasteiger partial charge in [-0.3, -0.25) is 4.79 Å². The van der Waals surface area contributed by atoms with E-state index in [1.807, 2.05) is 31.2 Å². The smallest absolute Gasteiger partial charge is 0.258 e. The van der Waals surface area contributed by atoms with Crippen LogP contribution in [0.3, 0.4) is 0 Å². The molecule has 2 aromatic rings. The standard InChI is InChI=1S/C17H20N4O/c1-12-6-8-15(9-7-12)20-16(22)13-10-18-17(19-11-13)21-14-4-2-3-5-14/h6-11,14H,2-5H2,1H3,(H,20,22)(H,18,19,21). The SMILES string of the molecule is Cc1ccc(NC(=O)c2cnc(NC3CCCC3)nc2)cc1. The Morgan fingerprint density at radius 1 is 1.09 bits per heavy atom. The monoisotopic (exact) mass is 296 g/mol. The van der Waals surface area contributed by atoms with Gasteiger partial charge < -0.3 is 10.6 Å². The minimum Gasteiger partial charge on any atom is -0.351 e. The quantitative estimate of drug-likeness (QED) is 0.907. The van der Waals surface area contributed by atoms with E-state index in [-0.39, 0.29) is 5.91 Å². The van der Waals surface area contributed by atoms with Crippen molar-refractivity contribution in [3.63, 3.8) is 0 Å². The maximum Gasteiger partial charge on any atom is 0.258 e. The molecule has 0 unspecified atom stereocenters. The van der Waals surface area contributed by atoms with Crippen LogP contribution in [0.4, 0.5) is 11.6 Å². The molecule has 1 aromatic carbocycles. The summed E-state index contributed by atoms with van der Waals surface area (Å²) in [6.07, 6.45) is 7.98. The second-order valence-electron chi connectivity index (χ2n) is 5.74. The second kappa shape index (κ2) is 6.56. The van der Waals surface area contributed by atoms with Gasteiger partial charge in [0, 0.05) is 24.1 Å². The zero-order chi connectivity index (χ0) is 15.4. The van der Waals surface area contributed by atoms with Gasteiger partial charge in [-0.25, -0.2) is 9.97 Å². The van der Waals surface area contributed by atoms with Gasteiger partial charge >= 0.3 is 0 Å². The Morgan fingerprint density at radius 3 is 2.36 bits per heavy atom. The molecule has 5 heteroatoms. The lowest BCUT2D eigenvalue weighted by Crippen LogP contribution is -2.18. The average molecular weight is 296 g/mol. The maximum absolute atomic E-state index is 12.1. The fourth-order valence-corrected chi connectivity index (χ4v) is 2.61. The number of aromatic nitrogens is 2. The number of hydrogen-bond acceptors (Lipinski definition) is 4. The Bertz CT molecular complexity index is 631. The number of benzene rings is 1. The highest BCUT2D eigenvalue weighted by molar-refractivity contribution is 6.03. The highest BCUT2D eigenvalue weighted by Crippen LogP contribution is 2.20. The molecule has 5 nitrogen and oxygen atoms in total. The third-order valence-electron chi connectivity index (χ3n) is 3.91. The molecule has 1 aliphatic rings. The van der Waals surface area contributed by atoms with E-state index in [1.54, 1.807) is 12.4 Å². The van der Waals surface area contributed by atoms with E-state index >= 15 is 0 Å². The van der Waals surface area contributed by atoms with E-state index < -0.39 is 0 Å². The fourth-order valence-electron chi connectivity index (χ4n) is 2.61. The molecule has 0 bridgehead atoms. The summed E-state index contributed by atoms with van der Waals surface area (Å²) < 4.78 is 0. The predicted octanol–water partition coefficient (Wildman–Crippen LogP) is 3.39. The number of anilines is 2. The van der Waals surface area contributed by atoms with E-state index in [0.717, 1.165) is 11.3 Å². The number of rotatable bonds is 4. The molecule has 3 rings (SSSR count). The van der Waals surface area contributed by atoms with Crippen LogP contribution in [0.5, 0.6) is 0 Å². The van der Waals surface area contributed by atoms with Crippen molar-refractivity contribution in [1.29, 1.82) is 0 Å². The molecule has 0 atom stereocenters. The Balaban J connectivity index is 1.61. The molecule has 1 aromatic heterocycles. The summed E-state index contributed by atoms with van der Waals surface area (Å²) in [6, 6.07) is 8.14. The molecule has 0 radical (unpaired) electrons. The Morgan fingerprint density at radius 2 is 1.73 bits per heavy atom. The summed E-state index contributed by atoms with van der Waals surface area (Å²) in [6.45, 7) is 2.01. The van der Waals surface area contributed by atoms with Crippen LogP contribution in [0.15, 0.2) is 36.7 Å². The first kappa shape index (κ1) is 14.5. The Kier molecular flexibility index (Phi) is 4.32. The van der Waals surface area contributed by atoms with Gasteiger partial charge in [0.05, 0.1) is 5.56 Å². The van der Waals surface area contributed by atoms with Crippen LogP contribution >= 0.6 is 0 Å². The van der Waals surface area contributed by atoms with E-state index in [0.29, 0.717) is 17.6 Å². The average Bonchev–Trinajstić information content (AvgIpc) is 3.03. The van der Waals surface area contributed by atoms with Gasteiger partial charge in [-0.1, -0.05) is 30.5 Å². The van der Waals surface area contributed by atoms with Crippen molar-refractivity contribution in [2.75, 3.05) is 10.6 Å². The van der Waals surface area contributed by atoms with Crippen LogP contribution in [0.25, 0.3) is 0 Å². The summed E-state index contributed by atoms with van der Waals surface area (Å²) >= 11 is 0. The normalized spacial score (nSPS) is 14.8. The zero-order valence-corrected chi connectivity index (χ0v) is 12.7.